The van der Waals surface area contributed by atoms with E-state index < -0.39 is 0 Å². The number of halogens is 1. The number of rotatable bonds is 2. The van der Waals surface area contributed by atoms with Crippen molar-refractivity contribution in [3.8, 4) is 0 Å². The molecule has 1 aromatic carbocycles. The van der Waals surface area contributed by atoms with E-state index in [1.54, 1.807) is 0 Å². The Hall–Kier alpha value is -1.29. The van der Waals surface area contributed by atoms with E-state index >= 15 is 0 Å². The van der Waals surface area contributed by atoms with Gasteiger partial charge in [-0.15, -0.1) is 0 Å². The van der Waals surface area contributed by atoms with Gasteiger partial charge in [-0.1, -0.05) is 22.0 Å². The lowest BCUT2D eigenvalue weighted by atomic mass is 10.2. The van der Waals surface area contributed by atoms with Gasteiger partial charge in [-0.2, -0.15) is 0 Å². The molecule has 1 aromatic heterocycles. The van der Waals surface area contributed by atoms with E-state index in [1.807, 2.05) is 35.0 Å². The van der Waals surface area contributed by atoms with E-state index in [4.69, 9.17) is 0 Å². The van der Waals surface area contributed by atoms with E-state index in [0.717, 1.165) is 15.4 Å². The van der Waals surface area contributed by atoms with E-state index in [0.29, 0.717) is 0 Å². The maximum atomic E-state index is 11.2. The van der Waals surface area contributed by atoms with Gasteiger partial charge in [-0.3, -0.25) is 4.79 Å². The van der Waals surface area contributed by atoms with E-state index in [2.05, 4.69) is 20.7 Å². The van der Waals surface area contributed by atoms with Crippen LogP contribution in [0.25, 0.3) is 10.9 Å². The zero-order chi connectivity index (χ0) is 10.8. The third-order valence-corrected chi connectivity index (χ3v) is 2.76. The number of hydrogen-bond acceptors (Lipinski definition) is 2. The molecule has 0 radical (unpaired) electrons. The van der Waals surface area contributed by atoms with E-state index in [9.17, 15) is 4.79 Å². The Bertz CT molecular complexity index is 504. The van der Waals surface area contributed by atoms with Crippen molar-refractivity contribution in [3.05, 3.63) is 34.9 Å². The number of nitrogens with zero attached hydrogens (tertiary/aromatic N) is 1. The molecule has 15 heavy (non-hydrogen) atoms. The molecule has 0 saturated heterocycles. The Labute approximate surface area is 95.8 Å². The molecule has 2 rings (SSSR count). The van der Waals surface area contributed by atoms with Gasteiger partial charge in [0.15, 0.2) is 0 Å². The van der Waals surface area contributed by atoms with Crippen molar-refractivity contribution < 1.29 is 9.53 Å². The van der Waals surface area contributed by atoms with Crippen LogP contribution in [0, 0.1) is 0 Å². The molecule has 0 unspecified atom stereocenters. The van der Waals surface area contributed by atoms with Gasteiger partial charge in [-0.05, 0) is 23.6 Å². The van der Waals surface area contributed by atoms with Crippen LogP contribution in [0.2, 0.25) is 0 Å². The zero-order valence-corrected chi connectivity index (χ0v) is 9.82. The molecule has 78 valence electrons. The molecule has 0 bridgehead atoms. The quantitative estimate of drug-likeness (QED) is 0.784. The smallest absolute Gasteiger partial charge is 0.325 e. The highest BCUT2D eigenvalue weighted by Gasteiger charge is 2.05. The Balaban J connectivity index is 2.43. The van der Waals surface area contributed by atoms with Crippen LogP contribution in [0.5, 0.6) is 0 Å². The van der Waals surface area contributed by atoms with Crippen LogP contribution in [-0.2, 0) is 16.1 Å². The first-order chi connectivity index (χ1) is 7.20. The zero-order valence-electron chi connectivity index (χ0n) is 8.24. The van der Waals surface area contributed by atoms with Crippen molar-refractivity contribution >= 4 is 32.8 Å². The van der Waals surface area contributed by atoms with Crippen LogP contribution in [0.1, 0.15) is 0 Å². The van der Waals surface area contributed by atoms with Gasteiger partial charge in [0.2, 0.25) is 0 Å². The molecule has 0 N–H and O–H groups in total. The minimum atomic E-state index is -0.243. The summed E-state index contributed by atoms with van der Waals surface area (Å²) in [6.45, 7) is 0.246. The number of carbonyl (C=O) groups is 1. The average molecular weight is 268 g/mol. The van der Waals surface area contributed by atoms with Crippen LogP contribution in [0.3, 0.4) is 0 Å². The van der Waals surface area contributed by atoms with Crippen LogP contribution in [0.15, 0.2) is 34.9 Å². The summed E-state index contributed by atoms with van der Waals surface area (Å²) in [7, 11) is 1.39. The first-order valence-electron chi connectivity index (χ1n) is 4.52. The van der Waals surface area contributed by atoms with Gasteiger partial charge in [-0.25, -0.2) is 0 Å². The molecule has 3 nitrogen and oxygen atoms in total. The van der Waals surface area contributed by atoms with Crippen LogP contribution >= 0.6 is 15.9 Å². The molecular weight excluding hydrogens is 258 g/mol. The monoisotopic (exact) mass is 267 g/mol. The van der Waals surface area contributed by atoms with Crippen molar-refractivity contribution in [2.45, 2.75) is 6.54 Å². The first kappa shape index (κ1) is 10.2. The number of methoxy groups -OCH3 is 1. The van der Waals surface area contributed by atoms with Gasteiger partial charge in [0.25, 0.3) is 0 Å². The molecule has 0 fully saturated rings. The molecule has 0 saturated carbocycles. The number of hydrogen-bond donors (Lipinski definition) is 0. The SMILES string of the molecule is COC(=O)Cn1ccc2ccc(Br)cc21. The highest BCUT2D eigenvalue weighted by atomic mass is 79.9. The fourth-order valence-corrected chi connectivity index (χ4v) is 1.85. The average Bonchev–Trinajstić information content (AvgIpc) is 2.61. The molecule has 4 heteroatoms. The summed E-state index contributed by atoms with van der Waals surface area (Å²) in [6.07, 6.45) is 1.88. The fourth-order valence-electron chi connectivity index (χ4n) is 1.50. The lowest BCUT2D eigenvalue weighted by molar-refractivity contribution is -0.141. The number of esters is 1. The summed E-state index contributed by atoms with van der Waals surface area (Å²) in [5.41, 5.74) is 1.02. The van der Waals surface area contributed by atoms with E-state index in [1.165, 1.54) is 7.11 Å². The topological polar surface area (TPSA) is 31.2 Å². The van der Waals surface area contributed by atoms with Crippen molar-refractivity contribution in [1.29, 1.82) is 0 Å². The molecule has 0 aliphatic rings. The van der Waals surface area contributed by atoms with Crippen molar-refractivity contribution in [1.82, 2.24) is 4.57 Å². The molecule has 0 aliphatic carbocycles. The maximum Gasteiger partial charge on any atom is 0.325 e. The Kier molecular flexibility index (Phi) is 2.77. The van der Waals surface area contributed by atoms with Crippen LogP contribution < -0.4 is 0 Å². The lowest BCUT2D eigenvalue weighted by Crippen LogP contribution is -2.10. The molecule has 0 atom stereocenters. The highest BCUT2D eigenvalue weighted by Crippen LogP contribution is 2.20. The normalized spacial score (nSPS) is 10.5. The number of carbonyl (C=O) groups excluding carboxylic acids is 1. The number of benzene rings is 1. The summed E-state index contributed by atoms with van der Waals surface area (Å²) in [5.74, 6) is -0.243. The molecular formula is C11H10BrNO2. The van der Waals surface area contributed by atoms with Crippen molar-refractivity contribution in [3.63, 3.8) is 0 Å². The number of fused-ring (bicyclic) bond motifs is 1. The Morgan fingerprint density at radius 3 is 3.00 bits per heavy atom. The predicted molar refractivity (Wildman–Crippen MR) is 61.7 cm³/mol. The minimum absolute atomic E-state index is 0.243. The van der Waals surface area contributed by atoms with Gasteiger partial charge in [0, 0.05) is 16.2 Å². The van der Waals surface area contributed by atoms with E-state index in [-0.39, 0.29) is 12.5 Å². The molecule has 0 spiro atoms. The molecule has 0 aliphatic heterocycles. The lowest BCUT2D eigenvalue weighted by Gasteiger charge is -2.03. The molecule has 1 heterocycles. The van der Waals surface area contributed by atoms with Crippen molar-refractivity contribution in [2.24, 2.45) is 0 Å². The largest absolute Gasteiger partial charge is 0.468 e. The second-order valence-electron chi connectivity index (χ2n) is 3.22. The maximum absolute atomic E-state index is 11.2. The Morgan fingerprint density at radius 2 is 2.27 bits per heavy atom. The van der Waals surface area contributed by atoms with Gasteiger partial charge in [0.1, 0.15) is 6.54 Å². The minimum Gasteiger partial charge on any atom is -0.468 e. The third-order valence-electron chi connectivity index (χ3n) is 2.26. The van der Waals surface area contributed by atoms with Crippen molar-refractivity contribution in [2.75, 3.05) is 7.11 Å². The summed E-state index contributed by atoms with van der Waals surface area (Å²) < 4.78 is 7.50. The van der Waals surface area contributed by atoms with Gasteiger partial charge >= 0.3 is 5.97 Å². The van der Waals surface area contributed by atoms with Gasteiger partial charge < -0.3 is 9.30 Å². The Morgan fingerprint density at radius 1 is 1.47 bits per heavy atom. The summed E-state index contributed by atoms with van der Waals surface area (Å²) >= 11 is 3.41. The van der Waals surface area contributed by atoms with Crippen LogP contribution in [-0.4, -0.2) is 17.6 Å². The first-order valence-corrected chi connectivity index (χ1v) is 5.31. The standard InChI is InChI=1S/C11H10BrNO2/c1-15-11(14)7-13-5-4-8-2-3-9(12)6-10(8)13/h2-6H,7H2,1H3. The fraction of sp³-hybridized carbons (Fsp3) is 0.182. The number of aromatic nitrogens is 1. The summed E-state index contributed by atoms with van der Waals surface area (Å²) in [4.78, 5) is 11.2. The summed E-state index contributed by atoms with van der Waals surface area (Å²) in [5, 5.41) is 1.11. The second kappa shape index (κ2) is 4.06. The molecule has 2 aromatic rings. The summed E-state index contributed by atoms with van der Waals surface area (Å²) in [6, 6.07) is 7.95. The van der Waals surface area contributed by atoms with Crippen LogP contribution in [0.4, 0.5) is 0 Å². The predicted octanol–water partition coefficient (Wildman–Crippen LogP) is 2.58. The third kappa shape index (κ3) is 2.04. The van der Waals surface area contributed by atoms with Gasteiger partial charge in [0.05, 0.1) is 7.11 Å². The molecule has 0 amide bonds. The second-order valence-corrected chi connectivity index (χ2v) is 4.14. The number of ether oxygens (including phenoxy) is 1. The highest BCUT2D eigenvalue weighted by molar-refractivity contribution is 9.10.